The first-order valence-corrected chi connectivity index (χ1v) is 7.18. The fraction of sp³-hybridized carbons (Fsp3) is 0.231. The van der Waals surface area contributed by atoms with Gasteiger partial charge in [0, 0.05) is 18.0 Å². The minimum atomic E-state index is -0.573. The topological polar surface area (TPSA) is 32.3 Å². The summed E-state index contributed by atoms with van der Waals surface area (Å²) in [4.78, 5) is 1.31. The predicted molar refractivity (Wildman–Crippen MR) is 75.5 cm³/mol. The maximum Gasteiger partial charge on any atom is 0.165 e. The number of nitrogens with one attached hydrogen (secondary N) is 1. The molecule has 0 saturated heterocycles. The second-order valence-electron chi connectivity index (χ2n) is 3.92. The molecule has 0 radical (unpaired) electrons. The molecule has 0 saturated carbocycles. The molecule has 2 nitrogen and oxygen atoms in total. The highest BCUT2D eigenvalue weighted by atomic mass is 79.9. The number of halogens is 2. The monoisotopic (exact) mass is 329 g/mol. The highest BCUT2D eigenvalue weighted by Gasteiger charge is 2.01. The van der Waals surface area contributed by atoms with E-state index in [1.54, 1.807) is 17.4 Å². The van der Waals surface area contributed by atoms with Gasteiger partial charge in [-0.3, -0.25) is 0 Å². The van der Waals surface area contributed by atoms with E-state index >= 15 is 0 Å². The molecule has 2 aromatic rings. The maximum absolute atomic E-state index is 13.1. The summed E-state index contributed by atoms with van der Waals surface area (Å²) in [5, 5.41) is 12.3. The van der Waals surface area contributed by atoms with Gasteiger partial charge in [-0.1, -0.05) is 6.07 Å². The summed E-state index contributed by atoms with van der Waals surface area (Å²) in [6, 6.07) is 8.58. The molecule has 0 atom stereocenters. The molecule has 0 spiro atoms. The molecule has 1 aromatic heterocycles. The minimum Gasteiger partial charge on any atom is -0.505 e. The molecule has 2 N–H and O–H groups in total. The van der Waals surface area contributed by atoms with Crippen molar-refractivity contribution in [1.82, 2.24) is 5.32 Å². The Morgan fingerprint density at radius 2 is 2.11 bits per heavy atom. The largest absolute Gasteiger partial charge is 0.505 e. The van der Waals surface area contributed by atoms with Crippen LogP contribution in [0.5, 0.6) is 5.75 Å². The maximum atomic E-state index is 13.1. The number of benzene rings is 1. The van der Waals surface area contributed by atoms with Crippen LogP contribution in [-0.2, 0) is 13.0 Å². The predicted octanol–water partition coefficient (Wildman–Crippen LogP) is 3.69. The van der Waals surface area contributed by atoms with Gasteiger partial charge in [0.05, 0.1) is 3.79 Å². The summed E-state index contributed by atoms with van der Waals surface area (Å²) in [7, 11) is 0. The van der Waals surface area contributed by atoms with E-state index in [9.17, 15) is 4.39 Å². The van der Waals surface area contributed by atoms with Crippen LogP contribution >= 0.6 is 27.3 Å². The quantitative estimate of drug-likeness (QED) is 0.820. The number of rotatable bonds is 5. The molecule has 1 aromatic carbocycles. The molecule has 0 aliphatic rings. The fourth-order valence-corrected chi connectivity index (χ4v) is 3.07. The Bertz CT molecular complexity index is 529. The Morgan fingerprint density at radius 1 is 1.28 bits per heavy atom. The van der Waals surface area contributed by atoms with Crippen molar-refractivity contribution < 1.29 is 9.50 Å². The zero-order valence-electron chi connectivity index (χ0n) is 9.62. The number of hydrogen-bond donors (Lipinski definition) is 2. The van der Waals surface area contributed by atoms with Crippen molar-refractivity contribution in [1.29, 1.82) is 0 Å². The van der Waals surface area contributed by atoms with Crippen LogP contribution in [0.15, 0.2) is 34.1 Å². The van der Waals surface area contributed by atoms with Gasteiger partial charge in [-0.05, 0) is 52.2 Å². The van der Waals surface area contributed by atoms with Gasteiger partial charge in [-0.25, -0.2) is 4.39 Å². The van der Waals surface area contributed by atoms with E-state index < -0.39 is 5.82 Å². The van der Waals surface area contributed by atoms with Gasteiger partial charge >= 0.3 is 0 Å². The summed E-state index contributed by atoms with van der Waals surface area (Å²) >= 11 is 5.15. The van der Waals surface area contributed by atoms with Crippen LogP contribution in [0.2, 0.25) is 0 Å². The van der Waals surface area contributed by atoms with Gasteiger partial charge in [-0.2, -0.15) is 0 Å². The van der Waals surface area contributed by atoms with Crippen molar-refractivity contribution in [2.45, 2.75) is 13.0 Å². The summed E-state index contributed by atoms with van der Waals surface area (Å²) in [6.07, 6.45) is 0.955. The van der Waals surface area contributed by atoms with Gasteiger partial charge < -0.3 is 10.4 Å². The molecule has 0 bridgehead atoms. The van der Waals surface area contributed by atoms with Gasteiger partial charge in [0.2, 0.25) is 0 Å². The highest BCUT2D eigenvalue weighted by molar-refractivity contribution is 9.11. The number of phenolic OH excluding ortho intramolecular Hbond substituents is 1. The lowest BCUT2D eigenvalue weighted by Crippen LogP contribution is -2.16. The van der Waals surface area contributed by atoms with Crippen LogP contribution in [0.1, 0.15) is 10.4 Å². The van der Waals surface area contributed by atoms with E-state index in [0.717, 1.165) is 22.3 Å². The van der Waals surface area contributed by atoms with E-state index in [0.29, 0.717) is 6.54 Å². The first-order valence-electron chi connectivity index (χ1n) is 5.57. The van der Waals surface area contributed by atoms with Crippen LogP contribution in [0, 0.1) is 5.82 Å². The summed E-state index contributed by atoms with van der Waals surface area (Å²) in [5.41, 5.74) is 0.831. The van der Waals surface area contributed by atoms with Crippen LogP contribution in [-0.4, -0.2) is 11.7 Å². The molecule has 18 heavy (non-hydrogen) atoms. The molecular weight excluding hydrogens is 317 g/mol. The van der Waals surface area contributed by atoms with E-state index in [4.69, 9.17) is 5.11 Å². The molecule has 0 aliphatic carbocycles. The third kappa shape index (κ3) is 3.80. The van der Waals surface area contributed by atoms with Gasteiger partial charge in [0.25, 0.3) is 0 Å². The second-order valence-corrected chi connectivity index (χ2v) is 6.47. The Balaban J connectivity index is 1.76. The van der Waals surface area contributed by atoms with Crippen molar-refractivity contribution >= 4 is 27.3 Å². The first-order chi connectivity index (χ1) is 8.65. The zero-order chi connectivity index (χ0) is 13.0. The lowest BCUT2D eigenvalue weighted by Gasteiger charge is -2.05. The lowest BCUT2D eigenvalue weighted by atomic mass is 10.2. The lowest BCUT2D eigenvalue weighted by molar-refractivity contribution is 0.431. The van der Waals surface area contributed by atoms with Crippen LogP contribution in [0.4, 0.5) is 4.39 Å². The van der Waals surface area contributed by atoms with Crippen molar-refractivity contribution in [3.63, 3.8) is 0 Å². The Hall–Kier alpha value is -0.910. The number of thiophene rings is 1. The molecule has 2 rings (SSSR count). The van der Waals surface area contributed by atoms with E-state index in [1.165, 1.54) is 17.0 Å². The number of hydrogen-bond acceptors (Lipinski definition) is 3. The summed E-state index contributed by atoms with van der Waals surface area (Å²) in [6.45, 7) is 1.44. The van der Waals surface area contributed by atoms with Crippen LogP contribution in [0.3, 0.4) is 0 Å². The average Bonchev–Trinajstić information content (AvgIpc) is 2.75. The Labute approximate surface area is 118 Å². The molecule has 96 valence electrons. The third-order valence-electron chi connectivity index (χ3n) is 2.52. The summed E-state index contributed by atoms with van der Waals surface area (Å²) in [5.74, 6) is -0.876. The highest BCUT2D eigenvalue weighted by Crippen LogP contribution is 2.22. The minimum absolute atomic E-state index is 0.304. The van der Waals surface area contributed by atoms with E-state index in [1.807, 2.05) is 6.07 Å². The van der Waals surface area contributed by atoms with Crippen LogP contribution in [0.25, 0.3) is 0 Å². The molecule has 5 heteroatoms. The molecule has 0 unspecified atom stereocenters. The molecule has 0 amide bonds. The van der Waals surface area contributed by atoms with Crippen molar-refractivity contribution in [3.8, 4) is 5.75 Å². The van der Waals surface area contributed by atoms with Gasteiger partial charge in [-0.15, -0.1) is 11.3 Å². The SMILES string of the molecule is Oc1ccc(CNCCc2ccc(Br)s2)cc1F. The van der Waals surface area contributed by atoms with Gasteiger partial charge in [0.1, 0.15) is 0 Å². The first kappa shape index (κ1) is 13.5. The normalized spacial score (nSPS) is 10.8. The van der Waals surface area contributed by atoms with E-state index in [2.05, 4.69) is 27.3 Å². The second kappa shape index (κ2) is 6.31. The zero-order valence-corrected chi connectivity index (χ0v) is 12.0. The fourth-order valence-electron chi connectivity index (χ4n) is 1.59. The molecule has 0 fully saturated rings. The van der Waals surface area contributed by atoms with Crippen molar-refractivity contribution in [3.05, 3.63) is 50.4 Å². The standard InChI is InChI=1S/C13H13BrFNOS/c14-13-4-2-10(18-13)5-6-16-8-9-1-3-12(17)11(15)7-9/h1-4,7,16-17H,5-6,8H2. The molecule has 0 aliphatic heterocycles. The van der Waals surface area contributed by atoms with Gasteiger partial charge in [0.15, 0.2) is 11.6 Å². The Kier molecular flexibility index (Phi) is 4.74. The Morgan fingerprint density at radius 3 is 2.78 bits per heavy atom. The van der Waals surface area contributed by atoms with E-state index in [-0.39, 0.29) is 5.75 Å². The smallest absolute Gasteiger partial charge is 0.165 e. The molecular formula is C13H13BrFNOS. The average molecular weight is 330 g/mol. The van der Waals surface area contributed by atoms with Crippen LogP contribution < -0.4 is 5.32 Å². The summed E-state index contributed by atoms with van der Waals surface area (Å²) < 4.78 is 14.2. The van der Waals surface area contributed by atoms with Crippen molar-refractivity contribution in [2.75, 3.05) is 6.54 Å². The van der Waals surface area contributed by atoms with Crippen molar-refractivity contribution in [2.24, 2.45) is 0 Å². The number of aromatic hydroxyl groups is 1. The molecule has 1 heterocycles. The number of phenols is 1. The third-order valence-corrected chi connectivity index (χ3v) is 4.20.